The van der Waals surface area contributed by atoms with E-state index in [4.69, 9.17) is 0 Å². The minimum absolute atomic E-state index is 0.0112. The zero-order valence-corrected chi connectivity index (χ0v) is 16.9. The molecule has 30 heavy (non-hydrogen) atoms. The third-order valence-corrected chi connectivity index (χ3v) is 7.25. The lowest BCUT2D eigenvalue weighted by molar-refractivity contribution is -0.117. The number of fused-ring (bicyclic) bond motifs is 1. The molecule has 0 bridgehead atoms. The van der Waals surface area contributed by atoms with Crippen molar-refractivity contribution < 1.29 is 13.2 Å². The fraction of sp³-hybridized carbons (Fsp3) is 0.421. The van der Waals surface area contributed by atoms with Crippen molar-refractivity contribution in [2.45, 2.75) is 37.8 Å². The predicted octanol–water partition coefficient (Wildman–Crippen LogP) is 0.864. The highest BCUT2D eigenvalue weighted by Gasteiger charge is 2.34. The van der Waals surface area contributed by atoms with E-state index in [1.54, 1.807) is 35.0 Å². The van der Waals surface area contributed by atoms with E-state index < -0.39 is 21.3 Å². The number of sulfone groups is 1. The van der Waals surface area contributed by atoms with Gasteiger partial charge in [0, 0.05) is 12.0 Å². The molecule has 1 aromatic carbocycles. The summed E-state index contributed by atoms with van der Waals surface area (Å²) in [5.74, 6) is 0.481. The third-order valence-electron chi connectivity index (χ3n) is 5.49. The zero-order chi connectivity index (χ0) is 20.9. The lowest BCUT2D eigenvalue weighted by Gasteiger charge is -2.14. The Balaban J connectivity index is 1.40. The lowest BCUT2D eigenvalue weighted by atomic mass is 10.2. The molecule has 156 valence electrons. The number of amides is 1. The maximum atomic E-state index is 12.7. The molecule has 1 unspecified atom stereocenters. The summed E-state index contributed by atoms with van der Waals surface area (Å²) in [5, 5.41) is 15.6. The predicted molar refractivity (Wildman–Crippen MR) is 109 cm³/mol. The van der Waals surface area contributed by atoms with E-state index in [2.05, 4.69) is 20.7 Å². The summed E-state index contributed by atoms with van der Waals surface area (Å²) in [6, 6.07) is 8.30. The van der Waals surface area contributed by atoms with Crippen LogP contribution in [0.25, 0.3) is 10.9 Å². The summed E-state index contributed by atoms with van der Waals surface area (Å²) < 4.78 is 26.4. The number of nitrogens with one attached hydrogen (secondary N) is 1. The van der Waals surface area contributed by atoms with Gasteiger partial charge in [-0.1, -0.05) is 17.3 Å². The first-order valence-electron chi connectivity index (χ1n) is 9.82. The number of hydrogen-bond donors (Lipinski definition) is 1. The first kappa shape index (κ1) is 18.9. The van der Waals surface area contributed by atoms with Gasteiger partial charge in [0.1, 0.15) is 17.9 Å². The molecule has 3 heterocycles. The third kappa shape index (κ3) is 3.60. The Morgan fingerprint density at radius 1 is 1.20 bits per heavy atom. The minimum Gasteiger partial charge on any atom is -0.309 e. The molecule has 1 atom stereocenters. The van der Waals surface area contributed by atoms with Crippen LogP contribution < -0.4 is 10.9 Å². The number of hydrogen-bond acceptors (Lipinski definition) is 7. The molecule has 2 fully saturated rings. The number of nitrogens with zero attached hydrogens (tertiary/aromatic N) is 5. The molecule has 2 aliphatic rings. The van der Waals surface area contributed by atoms with Crippen LogP contribution in [0.5, 0.6) is 0 Å². The van der Waals surface area contributed by atoms with Gasteiger partial charge in [0.15, 0.2) is 9.84 Å². The average Bonchev–Trinajstić information content (AvgIpc) is 3.39. The van der Waals surface area contributed by atoms with Crippen LogP contribution in [-0.4, -0.2) is 50.6 Å². The van der Waals surface area contributed by atoms with Crippen molar-refractivity contribution in [2.24, 2.45) is 0 Å². The second kappa shape index (κ2) is 7.01. The number of rotatable bonds is 5. The Morgan fingerprint density at radius 3 is 2.73 bits per heavy atom. The van der Waals surface area contributed by atoms with Crippen molar-refractivity contribution in [2.75, 3.05) is 16.8 Å². The summed E-state index contributed by atoms with van der Waals surface area (Å²) in [6.45, 7) is -0.302. The quantitative estimate of drug-likeness (QED) is 0.638. The second-order valence-corrected chi connectivity index (χ2v) is 10.1. The van der Waals surface area contributed by atoms with Crippen LogP contribution in [0.1, 0.15) is 36.9 Å². The van der Waals surface area contributed by atoms with Crippen molar-refractivity contribution in [1.82, 2.24) is 24.8 Å². The largest absolute Gasteiger partial charge is 0.309 e. The van der Waals surface area contributed by atoms with Gasteiger partial charge in [-0.15, -0.1) is 5.10 Å². The first-order valence-corrected chi connectivity index (χ1v) is 11.6. The van der Waals surface area contributed by atoms with Gasteiger partial charge in [0.05, 0.1) is 28.6 Å². The monoisotopic (exact) mass is 428 g/mol. The van der Waals surface area contributed by atoms with Crippen LogP contribution in [0.2, 0.25) is 0 Å². The average molecular weight is 428 g/mol. The van der Waals surface area contributed by atoms with Crippen molar-refractivity contribution in [3.05, 3.63) is 46.4 Å². The summed E-state index contributed by atoms with van der Waals surface area (Å²) in [7, 11) is -3.10. The van der Waals surface area contributed by atoms with Gasteiger partial charge in [-0.05, 0) is 31.4 Å². The second-order valence-electron chi connectivity index (χ2n) is 7.85. The van der Waals surface area contributed by atoms with E-state index >= 15 is 0 Å². The summed E-state index contributed by atoms with van der Waals surface area (Å²) >= 11 is 0. The topological polar surface area (TPSA) is 129 Å². The van der Waals surface area contributed by atoms with E-state index in [-0.39, 0.29) is 24.1 Å². The maximum Gasteiger partial charge on any atom is 0.278 e. The van der Waals surface area contributed by atoms with Crippen LogP contribution >= 0.6 is 0 Å². The molecule has 5 rings (SSSR count). The van der Waals surface area contributed by atoms with Crippen molar-refractivity contribution in [3.63, 3.8) is 0 Å². The van der Waals surface area contributed by atoms with Gasteiger partial charge in [0.2, 0.25) is 5.91 Å². The van der Waals surface area contributed by atoms with Crippen LogP contribution in [0.15, 0.2) is 35.1 Å². The van der Waals surface area contributed by atoms with Gasteiger partial charge in [-0.2, -0.15) is 5.10 Å². The van der Waals surface area contributed by atoms with Crippen LogP contribution in [0, 0.1) is 0 Å². The SMILES string of the molecule is O=C(Cn1nnc2ccccc2c1=O)Nc1cc(C2CC2)nn1C1CCS(=O)(=O)C1. The minimum atomic E-state index is -3.10. The Labute approximate surface area is 171 Å². The molecule has 10 nitrogen and oxygen atoms in total. The van der Waals surface area contributed by atoms with E-state index in [0.29, 0.717) is 29.1 Å². The molecule has 3 aromatic rings. The number of benzene rings is 1. The molecular weight excluding hydrogens is 408 g/mol. The van der Waals surface area contributed by atoms with E-state index in [0.717, 1.165) is 23.2 Å². The number of anilines is 1. The highest BCUT2D eigenvalue weighted by Crippen LogP contribution is 2.41. The molecule has 0 radical (unpaired) electrons. The molecule has 11 heteroatoms. The molecule has 1 saturated carbocycles. The highest BCUT2D eigenvalue weighted by molar-refractivity contribution is 7.91. The molecule has 1 amide bonds. The normalized spacial score (nSPS) is 20.5. The number of carbonyl (C=O) groups excluding carboxylic acids is 1. The fourth-order valence-corrected chi connectivity index (χ4v) is 5.47. The van der Waals surface area contributed by atoms with Gasteiger partial charge in [-0.25, -0.2) is 17.8 Å². The molecule has 1 aliphatic carbocycles. The Morgan fingerprint density at radius 2 is 2.00 bits per heavy atom. The maximum absolute atomic E-state index is 12.7. The van der Waals surface area contributed by atoms with E-state index in [9.17, 15) is 18.0 Å². The van der Waals surface area contributed by atoms with Crippen molar-refractivity contribution >= 4 is 32.5 Å². The zero-order valence-electron chi connectivity index (χ0n) is 16.1. The van der Waals surface area contributed by atoms with Crippen molar-refractivity contribution in [3.8, 4) is 0 Å². The molecular formula is C19H20N6O4S. The van der Waals surface area contributed by atoms with Crippen molar-refractivity contribution in [1.29, 1.82) is 0 Å². The van der Waals surface area contributed by atoms with Crippen LogP contribution in [0.3, 0.4) is 0 Å². The first-order chi connectivity index (χ1) is 14.4. The molecule has 0 spiro atoms. The van der Waals surface area contributed by atoms with Gasteiger partial charge in [-0.3, -0.25) is 9.59 Å². The molecule has 1 saturated heterocycles. The summed E-state index contributed by atoms with van der Waals surface area (Å²) in [5.41, 5.74) is 0.927. The molecule has 1 aliphatic heterocycles. The highest BCUT2D eigenvalue weighted by atomic mass is 32.2. The van der Waals surface area contributed by atoms with Gasteiger partial charge in [0.25, 0.3) is 5.56 Å². The summed E-state index contributed by atoms with van der Waals surface area (Å²) in [4.78, 5) is 25.2. The smallest absolute Gasteiger partial charge is 0.278 e. The van der Waals surface area contributed by atoms with E-state index in [1.807, 2.05) is 0 Å². The fourth-order valence-electron chi connectivity index (χ4n) is 3.78. The van der Waals surface area contributed by atoms with Crippen LogP contribution in [-0.2, 0) is 21.2 Å². The Bertz CT molecular complexity index is 1310. The Hall–Kier alpha value is -3.08. The van der Waals surface area contributed by atoms with E-state index in [1.165, 1.54) is 0 Å². The summed E-state index contributed by atoms with van der Waals surface area (Å²) in [6.07, 6.45) is 2.54. The number of carbonyl (C=O) groups is 1. The number of aromatic nitrogens is 5. The lowest BCUT2D eigenvalue weighted by Crippen LogP contribution is -2.31. The molecule has 1 N–H and O–H groups in total. The van der Waals surface area contributed by atoms with Crippen LogP contribution in [0.4, 0.5) is 5.82 Å². The Kier molecular flexibility index (Phi) is 4.42. The van der Waals surface area contributed by atoms with Gasteiger partial charge >= 0.3 is 0 Å². The standard InChI is InChI=1S/C19H20N6O4S/c26-18(10-24-19(27)14-3-1-2-4-15(14)21-23-24)20-17-9-16(12-5-6-12)22-25(17)13-7-8-30(28,29)11-13/h1-4,9,12-13H,5-8,10-11H2,(H,20,26). The molecule has 2 aromatic heterocycles. The van der Waals surface area contributed by atoms with Gasteiger partial charge < -0.3 is 5.32 Å².